The third kappa shape index (κ3) is 6.16. The number of benzene rings is 2. The van der Waals surface area contributed by atoms with E-state index in [-0.39, 0.29) is 5.69 Å². The molecular formula is C19H17F5N2O3. The average Bonchev–Trinajstić information content (AvgIpc) is 2.55. The van der Waals surface area contributed by atoms with Gasteiger partial charge in [0.05, 0.1) is 16.8 Å². The van der Waals surface area contributed by atoms with Gasteiger partial charge < -0.3 is 10.1 Å². The number of nitrogens with one attached hydrogen (secondary N) is 2. The van der Waals surface area contributed by atoms with Crippen LogP contribution in [0.5, 0.6) is 0 Å². The van der Waals surface area contributed by atoms with E-state index in [4.69, 9.17) is 4.74 Å². The number of alkyl halides is 3. The first-order valence-electron chi connectivity index (χ1n) is 8.24. The summed E-state index contributed by atoms with van der Waals surface area (Å²) in [5.74, 6) is -3.44. The highest BCUT2D eigenvalue weighted by Gasteiger charge is 2.32. The zero-order chi connectivity index (χ0) is 22.0. The van der Waals surface area contributed by atoms with E-state index in [0.29, 0.717) is 18.2 Å². The number of carbonyl (C=O) groups is 2. The van der Waals surface area contributed by atoms with Gasteiger partial charge in [0.1, 0.15) is 17.2 Å². The van der Waals surface area contributed by atoms with Gasteiger partial charge in [-0.05, 0) is 57.2 Å². The molecule has 0 aromatic heterocycles. The van der Waals surface area contributed by atoms with Crippen molar-refractivity contribution in [1.82, 2.24) is 0 Å². The van der Waals surface area contributed by atoms with Crippen LogP contribution < -0.4 is 10.6 Å². The van der Waals surface area contributed by atoms with Gasteiger partial charge in [-0.15, -0.1) is 0 Å². The number of hydrogen-bond donors (Lipinski definition) is 2. The van der Waals surface area contributed by atoms with Crippen LogP contribution in [0.4, 0.5) is 38.1 Å². The fraction of sp³-hybridized carbons (Fsp3) is 0.263. The minimum Gasteiger partial charge on any atom is -0.444 e. The Labute approximate surface area is 162 Å². The molecule has 0 aliphatic carbocycles. The molecule has 0 unspecified atom stereocenters. The van der Waals surface area contributed by atoms with E-state index in [1.54, 1.807) is 20.8 Å². The van der Waals surface area contributed by atoms with Crippen molar-refractivity contribution in [1.29, 1.82) is 0 Å². The molecule has 2 aromatic rings. The summed E-state index contributed by atoms with van der Waals surface area (Å²) in [7, 11) is 0. The SMILES string of the molecule is CC(C)(C)OC(=O)Nc1ccc(F)c(NC(=O)c2cc(C(F)(F)F)ccc2F)c1. The lowest BCUT2D eigenvalue weighted by Gasteiger charge is -2.20. The molecule has 0 atom stereocenters. The Bertz CT molecular complexity index is 936. The summed E-state index contributed by atoms with van der Waals surface area (Å²) in [5, 5.41) is 4.31. The predicted molar refractivity (Wildman–Crippen MR) is 95.6 cm³/mol. The van der Waals surface area contributed by atoms with Crippen LogP contribution in [0.1, 0.15) is 36.7 Å². The zero-order valence-corrected chi connectivity index (χ0v) is 15.6. The van der Waals surface area contributed by atoms with Crippen LogP contribution in [0.2, 0.25) is 0 Å². The third-order valence-corrected chi connectivity index (χ3v) is 3.40. The molecule has 0 saturated carbocycles. The Morgan fingerprint density at radius 3 is 2.10 bits per heavy atom. The topological polar surface area (TPSA) is 67.4 Å². The Kier molecular flexibility index (Phi) is 6.15. The lowest BCUT2D eigenvalue weighted by Crippen LogP contribution is -2.27. The van der Waals surface area contributed by atoms with Gasteiger partial charge >= 0.3 is 12.3 Å². The molecule has 5 nitrogen and oxygen atoms in total. The number of carbonyl (C=O) groups excluding carboxylic acids is 2. The Morgan fingerprint density at radius 1 is 0.897 bits per heavy atom. The van der Waals surface area contributed by atoms with Crippen LogP contribution >= 0.6 is 0 Å². The highest BCUT2D eigenvalue weighted by molar-refractivity contribution is 6.05. The van der Waals surface area contributed by atoms with Gasteiger partial charge in [-0.3, -0.25) is 10.1 Å². The highest BCUT2D eigenvalue weighted by atomic mass is 19.4. The van der Waals surface area contributed by atoms with Crippen molar-refractivity contribution in [3.05, 3.63) is 59.2 Å². The van der Waals surface area contributed by atoms with Gasteiger partial charge in [-0.2, -0.15) is 13.2 Å². The van der Waals surface area contributed by atoms with Gasteiger partial charge in [-0.1, -0.05) is 0 Å². The van der Waals surface area contributed by atoms with E-state index in [9.17, 15) is 31.5 Å². The molecule has 0 aliphatic heterocycles. The van der Waals surface area contributed by atoms with Crippen molar-refractivity contribution in [3.8, 4) is 0 Å². The minimum atomic E-state index is -4.79. The highest BCUT2D eigenvalue weighted by Crippen LogP contribution is 2.31. The van der Waals surface area contributed by atoms with Gasteiger partial charge in [0, 0.05) is 5.69 Å². The molecule has 10 heteroatoms. The van der Waals surface area contributed by atoms with E-state index in [2.05, 4.69) is 5.32 Å². The fourth-order valence-electron chi connectivity index (χ4n) is 2.19. The zero-order valence-electron chi connectivity index (χ0n) is 15.6. The van der Waals surface area contributed by atoms with Gasteiger partial charge in [0.25, 0.3) is 5.91 Å². The molecule has 0 radical (unpaired) electrons. The smallest absolute Gasteiger partial charge is 0.416 e. The second-order valence-electron chi connectivity index (χ2n) is 6.97. The maximum atomic E-state index is 14.0. The normalized spacial score (nSPS) is 11.7. The number of halogens is 5. The van der Waals surface area contributed by atoms with Crippen LogP contribution in [-0.4, -0.2) is 17.6 Å². The summed E-state index contributed by atoms with van der Waals surface area (Å²) in [6, 6.07) is 4.41. The molecule has 0 bridgehead atoms. The van der Waals surface area contributed by atoms with Crippen molar-refractivity contribution in [2.45, 2.75) is 32.5 Å². The Hall–Kier alpha value is -3.17. The molecule has 0 aliphatic rings. The molecule has 2 N–H and O–H groups in total. The summed E-state index contributed by atoms with van der Waals surface area (Å²) in [6.45, 7) is 4.89. The monoisotopic (exact) mass is 416 g/mol. The molecular weight excluding hydrogens is 399 g/mol. The van der Waals surface area contributed by atoms with Crippen molar-refractivity contribution in [2.24, 2.45) is 0 Å². The predicted octanol–water partition coefficient (Wildman–Crippen LogP) is 5.58. The number of amides is 2. The fourth-order valence-corrected chi connectivity index (χ4v) is 2.19. The molecule has 0 saturated heterocycles. The van der Waals surface area contributed by atoms with E-state index >= 15 is 0 Å². The molecule has 2 amide bonds. The quantitative estimate of drug-likeness (QED) is 0.642. The Balaban J connectivity index is 2.24. The number of ether oxygens (including phenoxy) is 1. The maximum Gasteiger partial charge on any atom is 0.416 e. The number of anilines is 2. The standard InChI is InChI=1S/C19H17F5N2O3/c1-18(2,3)29-17(28)25-11-5-7-14(21)15(9-11)26-16(27)12-8-10(19(22,23)24)4-6-13(12)20/h4-9H,1-3H3,(H,25,28)(H,26,27). The van der Waals surface area contributed by atoms with E-state index < -0.39 is 52.2 Å². The van der Waals surface area contributed by atoms with Crippen molar-refractivity contribution in [2.75, 3.05) is 10.6 Å². The van der Waals surface area contributed by atoms with Gasteiger partial charge in [-0.25, -0.2) is 13.6 Å². The molecule has 0 spiro atoms. The summed E-state index contributed by atoms with van der Waals surface area (Å²) < 4.78 is 71.2. The molecule has 156 valence electrons. The van der Waals surface area contributed by atoms with Crippen LogP contribution in [0, 0.1) is 11.6 Å². The third-order valence-electron chi connectivity index (χ3n) is 3.40. The first kappa shape index (κ1) is 22.1. The molecule has 0 heterocycles. The summed E-state index contributed by atoms with van der Waals surface area (Å²) in [5.41, 5.74) is -3.36. The van der Waals surface area contributed by atoms with Crippen LogP contribution in [0.15, 0.2) is 36.4 Å². The van der Waals surface area contributed by atoms with Crippen LogP contribution in [-0.2, 0) is 10.9 Å². The lowest BCUT2D eigenvalue weighted by atomic mass is 10.1. The lowest BCUT2D eigenvalue weighted by molar-refractivity contribution is -0.137. The second-order valence-corrected chi connectivity index (χ2v) is 6.97. The minimum absolute atomic E-state index is 0.0421. The van der Waals surface area contributed by atoms with Crippen LogP contribution in [0.25, 0.3) is 0 Å². The maximum absolute atomic E-state index is 14.0. The average molecular weight is 416 g/mol. The molecule has 29 heavy (non-hydrogen) atoms. The van der Waals surface area contributed by atoms with Crippen LogP contribution in [0.3, 0.4) is 0 Å². The van der Waals surface area contributed by atoms with Gasteiger partial charge in [0.15, 0.2) is 0 Å². The van der Waals surface area contributed by atoms with Crippen molar-refractivity contribution < 1.29 is 36.3 Å². The molecule has 0 fully saturated rings. The van der Waals surface area contributed by atoms with Gasteiger partial charge in [0.2, 0.25) is 0 Å². The first-order chi connectivity index (χ1) is 13.3. The van der Waals surface area contributed by atoms with Crippen molar-refractivity contribution in [3.63, 3.8) is 0 Å². The second kappa shape index (κ2) is 8.06. The Morgan fingerprint density at radius 2 is 1.52 bits per heavy atom. The van der Waals surface area contributed by atoms with Crippen molar-refractivity contribution >= 4 is 23.4 Å². The molecule has 2 rings (SSSR count). The number of rotatable bonds is 3. The molecule has 2 aromatic carbocycles. The van der Waals surface area contributed by atoms with E-state index in [0.717, 1.165) is 12.1 Å². The first-order valence-corrected chi connectivity index (χ1v) is 8.24. The summed E-state index contributed by atoms with van der Waals surface area (Å²) in [6.07, 6.45) is -5.63. The number of hydrogen-bond acceptors (Lipinski definition) is 3. The summed E-state index contributed by atoms with van der Waals surface area (Å²) >= 11 is 0. The van der Waals surface area contributed by atoms with E-state index in [1.807, 2.05) is 5.32 Å². The largest absolute Gasteiger partial charge is 0.444 e. The van der Waals surface area contributed by atoms with E-state index in [1.165, 1.54) is 6.07 Å². The summed E-state index contributed by atoms with van der Waals surface area (Å²) in [4.78, 5) is 24.0.